The summed E-state index contributed by atoms with van der Waals surface area (Å²) in [5.74, 6) is 2.19. The van der Waals surface area contributed by atoms with Gasteiger partial charge in [-0.05, 0) is 44.7 Å². The van der Waals surface area contributed by atoms with Crippen molar-refractivity contribution in [1.82, 2.24) is 20.2 Å². The molecular weight excluding hydrogens is 350 g/mol. The third-order valence-corrected chi connectivity index (χ3v) is 3.52. The third-order valence-electron chi connectivity index (χ3n) is 2.56. The minimum absolute atomic E-state index is 0.546. The van der Waals surface area contributed by atoms with Crippen LogP contribution in [-0.2, 0) is 0 Å². The van der Waals surface area contributed by atoms with E-state index in [-0.39, 0.29) is 0 Å². The predicted octanol–water partition coefficient (Wildman–Crippen LogP) is 3.35. The second-order valence-corrected chi connectivity index (χ2v) is 5.50. The molecule has 1 saturated carbocycles. The fraction of sp³-hybridized carbons (Fsp3) is 0.300. The van der Waals surface area contributed by atoms with Crippen LogP contribution >= 0.6 is 31.9 Å². The first-order valence-corrected chi connectivity index (χ1v) is 6.81. The Hall–Kier alpha value is -0.950. The van der Waals surface area contributed by atoms with Gasteiger partial charge in [0.25, 0.3) is 0 Å². The van der Waals surface area contributed by atoms with E-state index in [2.05, 4.69) is 57.3 Å². The highest BCUT2D eigenvalue weighted by Gasteiger charge is 2.26. The van der Waals surface area contributed by atoms with Crippen LogP contribution < -0.4 is 5.32 Å². The van der Waals surface area contributed by atoms with E-state index in [1.165, 1.54) is 12.8 Å². The Morgan fingerprint density at radius 2 is 2.18 bits per heavy atom. The summed E-state index contributed by atoms with van der Waals surface area (Å²) in [6, 6.07) is 2.03. The summed E-state index contributed by atoms with van der Waals surface area (Å²) < 4.78 is 1.36. The first-order chi connectivity index (χ1) is 8.22. The molecule has 0 unspecified atom stereocenters. The van der Waals surface area contributed by atoms with Crippen LogP contribution in [0.1, 0.15) is 24.5 Å². The molecule has 0 amide bonds. The topological polar surface area (TPSA) is 66.5 Å². The summed E-state index contributed by atoms with van der Waals surface area (Å²) in [6.07, 6.45) is 4.18. The van der Waals surface area contributed by atoms with E-state index >= 15 is 0 Å². The van der Waals surface area contributed by atoms with E-state index in [9.17, 15) is 0 Å². The second-order valence-electron chi connectivity index (χ2n) is 3.94. The molecule has 0 atom stereocenters. The highest BCUT2D eigenvalue weighted by Crippen LogP contribution is 2.39. The number of H-pyrrole nitrogens is 1. The molecule has 0 bridgehead atoms. The Bertz CT molecular complexity index is 549. The van der Waals surface area contributed by atoms with Crippen LogP contribution in [0.15, 0.2) is 21.5 Å². The van der Waals surface area contributed by atoms with E-state index in [1.807, 2.05) is 6.07 Å². The highest BCUT2D eigenvalue weighted by molar-refractivity contribution is 9.11. The molecule has 0 aromatic carbocycles. The molecule has 2 heterocycles. The van der Waals surface area contributed by atoms with Crippen molar-refractivity contribution in [2.45, 2.75) is 18.8 Å². The van der Waals surface area contributed by atoms with Crippen LogP contribution in [0.3, 0.4) is 0 Å². The Balaban J connectivity index is 1.82. The summed E-state index contributed by atoms with van der Waals surface area (Å²) in [4.78, 5) is 8.25. The van der Waals surface area contributed by atoms with Gasteiger partial charge in [0.15, 0.2) is 10.6 Å². The van der Waals surface area contributed by atoms with Gasteiger partial charge < -0.3 is 5.32 Å². The summed E-state index contributed by atoms with van der Waals surface area (Å²) in [6.45, 7) is 0. The van der Waals surface area contributed by atoms with Crippen LogP contribution in [0.5, 0.6) is 0 Å². The van der Waals surface area contributed by atoms with Crippen molar-refractivity contribution in [3.05, 3.63) is 27.2 Å². The molecule has 0 saturated heterocycles. The molecular formula is C10H9Br2N5. The van der Waals surface area contributed by atoms with Crippen LogP contribution in [0.25, 0.3) is 0 Å². The molecule has 0 spiro atoms. The van der Waals surface area contributed by atoms with E-state index in [4.69, 9.17) is 0 Å². The molecule has 1 aliphatic carbocycles. The van der Waals surface area contributed by atoms with Crippen molar-refractivity contribution >= 4 is 43.5 Å². The average molecular weight is 359 g/mol. The smallest absolute Gasteiger partial charge is 0.198 e. The number of aromatic nitrogens is 4. The van der Waals surface area contributed by atoms with E-state index in [0.717, 1.165) is 16.0 Å². The predicted molar refractivity (Wildman–Crippen MR) is 71.3 cm³/mol. The molecule has 2 N–H and O–H groups in total. The molecule has 17 heavy (non-hydrogen) atoms. The van der Waals surface area contributed by atoms with Gasteiger partial charge in [-0.3, -0.25) is 5.10 Å². The lowest BCUT2D eigenvalue weighted by molar-refractivity contribution is 0.965. The monoisotopic (exact) mass is 357 g/mol. The van der Waals surface area contributed by atoms with Crippen molar-refractivity contribution < 1.29 is 0 Å². The van der Waals surface area contributed by atoms with Crippen molar-refractivity contribution in [3.8, 4) is 0 Å². The fourth-order valence-corrected chi connectivity index (χ4v) is 2.12. The van der Waals surface area contributed by atoms with Crippen LogP contribution in [0.4, 0.5) is 11.6 Å². The zero-order valence-corrected chi connectivity index (χ0v) is 11.9. The number of hydrogen-bond acceptors (Lipinski definition) is 4. The van der Waals surface area contributed by atoms with Gasteiger partial charge in [-0.15, -0.1) is 0 Å². The zero-order valence-electron chi connectivity index (χ0n) is 8.74. The minimum Gasteiger partial charge on any atom is -0.324 e. The van der Waals surface area contributed by atoms with Crippen molar-refractivity contribution in [2.75, 3.05) is 5.32 Å². The van der Waals surface area contributed by atoms with Crippen molar-refractivity contribution in [3.63, 3.8) is 0 Å². The molecule has 1 fully saturated rings. The molecule has 7 heteroatoms. The number of nitrogens with one attached hydrogen (secondary N) is 2. The lowest BCUT2D eigenvalue weighted by Crippen LogP contribution is -1.96. The Morgan fingerprint density at radius 3 is 2.94 bits per heavy atom. The number of anilines is 2. The van der Waals surface area contributed by atoms with Crippen LogP contribution in [-0.4, -0.2) is 20.2 Å². The average Bonchev–Trinajstić information content (AvgIpc) is 3.05. The molecule has 2 aromatic rings. The number of aromatic amines is 1. The highest BCUT2D eigenvalue weighted by atomic mass is 79.9. The van der Waals surface area contributed by atoms with Gasteiger partial charge in [0.2, 0.25) is 0 Å². The van der Waals surface area contributed by atoms with Crippen LogP contribution in [0.2, 0.25) is 0 Å². The minimum atomic E-state index is 0.546. The molecule has 0 radical (unpaired) electrons. The van der Waals surface area contributed by atoms with Gasteiger partial charge in [0.1, 0.15) is 5.82 Å². The lowest BCUT2D eigenvalue weighted by atomic mass is 10.3. The molecule has 88 valence electrons. The van der Waals surface area contributed by atoms with Crippen LogP contribution in [0, 0.1) is 0 Å². The third kappa shape index (κ3) is 2.50. The summed E-state index contributed by atoms with van der Waals surface area (Å²) in [5.41, 5.74) is 1.12. The lowest BCUT2D eigenvalue weighted by Gasteiger charge is -2.04. The van der Waals surface area contributed by atoms with Gasteiger partial charge in [0, 0.05) is 18.2 Å². The van der Waals surface area contributed by atoms with E-state index in [1.54, 1.807) is 6.20 Å². The first kappa shape index (κ1) is 11.2. The maximum atomic E-state index is 4.27. The van der Waals surface area contributed by atoms with E-state index < -0.39 is 0 Å². The van der Waals surface area contributed by atoms with Crippen molar-refractivity contribution in [2.24, 2.45) is 0 Å². The second kappa shape index (κ2) is 4.38. The normalized spacial score (nSPS) is 14.9. The molecule has 5 nitrogen and oxygen atoms in total. The molecule has 1 aliphatic rings. The Morgan fingerprint density at radius 1 is 1.35 bits per heavy atom. The number of nitrogens with zero attached hydrogens (tertiary/aromatic N) is 3. The summed E-state index contributed by atoms with van der Waals surface area (Å²) in [5, 5.41) is 10.4. The fourth-order valence-electron chi connectivity index (χ4n) is 1.55. The zero-order chi connectivity index (χ0) is 11.8. The van der Waals surface area contributed by atoms with E-state index in [0.29, 0.717) is 16.5 Å². The Kier molecular flexibility index (Phi) is 2.87. The first-order valence-electron chi connectivity index (χ1n) is 5.23. The van der Waals surface area contributed by atoms with Gasteiger partial charge >= 0.3 is 0 Å². The quantitative estimate of drug-likeness (QED) is 0.825. The number of halogens is 2. The number of rotatable bonds is 3. The molecule has 3 rings (SSSR count). The Labute approximate surface area is 115 Å². The molecule has 0 aliphatic heterocycles. The van der Waals surface area contributed by atoms with Gasteiger partial charge in [0.05, 0.1) is 10.2 Å². The largest absolute Gasteiger partial charge is 0.324 e. The van der Waals surface area contributed by atoms with Crippen molar-refractivity contribution in [1.29, 1.82) is 0 Å². The van der Waals surface area contributed by atoms with Gasteiger partial charge in [-0.1, -0.05) is 0 Å². The van der Waals surface area contributed by atoms with Gasteiger partial charge in [-0.25, -0.2) is 9.97 Å². The SMILES string of the molecule is Brc1ncc(Br)c(Nc2cc(C3CC3)n[nH]2)n1. The standard InChI is InChI=1S/C10H9Br2N5/c11-6-4-13-10(12)15-9(6)14-8-3-7(16-17-8)5-1-2-5/h3-5H,1-2H2,(H2,13,14,15,16,17). The molecule has 2 aromatic heterocycles. The van der Waals surface area contributed by atoms with Gasteiger partial charge in [-0.2, -0.15) is 5.10 Å². The number of hydrogen-bond donors (Lipinski definition) is 2. The summed E-state index contributed by atoms with van der Waals surface area (Å²) >= 11 is 6.63. The maximum Gasteiger partial charge on any atom is 0.198 e. The maximum absolute atomic E-state index is 4.27. The summed E-state index contributed by atoms with van der Waals surface area (Å²) in [7, 11) is 0.